The van der Waals surface area contributed by atoms with Crippen molar-refractivity contribution in [3.8, 4) is 0 Å². The lowest BCUT2D eigenvalue weighted by Gasteiger charge is -1.97. The van der Waals surface area contributed by atoms with Crippen molar-refractivity contribution in [3.05, 3.63) is 29.0 Å². The lowest BCUT2D eigenvalue weighted by atomic mass is 10.3. The Labute approximate surface area is 68.3 Å². The van der Waals surface area contributed by atoms with Crippen LogP contribution >= 0.6 is 11.6 Å². The molecule has 0 saturated heterocycles. The number of hydrogen-bond donors (Lipinski definition) is 2. The van der Waals surface area contributed by atoms with Gasteiger partial charge in [-0.1, -0.05) is 11.6 Å². The summed E-state index contributed by atoms with van der Waals surface area (Å²) in [5, 5.41) is 0.270. The number of nitrogens with two attached hydrogens (primary N) is 1. The van der Waals surface area contributed by atoms with Crippen molar-refractivity contribution >= 4 is 17.5 Å². The SMILES string of the molecule is NNC(=O)c1ccnc(Cl)c1. The number of amides is 1. The van der Waals surface area contributed by atoms with E-state index in [1.807, 2.05) is 5.43 Å². The number of nitrogen functional groups attached to an aromatic ring is 1. The molecule has 0 atom stereocenters. The van der Waals surface area contributed by atoms with Gasteiger partial charge in [0, 0.05) is 11.8 Å². The molecule has 0 unspecified atom stereocenters. The van der Waals surface area contributed by atoms with E-state index in [1.165, 1.54) is 18.3 Å². The maximum Gasteiger partial charge on any atom is 0.265 e. The average molecular weight is 172 g/mol. The molecule has 0 fully saturated rings. The van der Waals surface area contributed by atoms with Crippen molar-refractivity contribution in [1.82, 2.24) is 10.4 Å². The molecule has 11 heavy (non-hydrogen) atoms. The van der Waals surface area contributed by atoms with Crippen LogP contribution in [-0.2, 0) is 0 Å². The lowest BCUT2D eigenvalue weighted by Crippen LogP contribution is -2.29. The molecule has 0 aromatic carbocycles. The molecule has 0 aliphatic rings. The fourth-order valence-corrected chi connectivity index (χ4v) is 0.801. The van der Waals surface area contributed by atoms with E-state index in [-0.39, 0.29) is 11.1 Å². The van der Waals surface area contributed by atoms with Crippen LogP contribution in [0.5, 0.6) is 0 Å². The van der Waals surface area contributed by atoms with Gasteiger partial charge in [-0.2, -0.15) is 0 Å². The zero-order valence-electron chi connectivity index (χ0n) is 5.54. The van der Waals surface area contributed by atoms with Gasteiger partial charge in [-0.3, -0.25) is 10.2 Å². The number of nitrogens with zero attached hydrogens (tertiary/aromatic N) is 1. The summed E-state index contributed by atoms with van der Waals surface area (Å²) < 4.78 is 0. The van der Waals surface area contributed by atoms with Gasteiger partial charge in [-0.05, 0) is 12.1 Å². The second-order valence-corrected chi connectivity index (χ2v) is 2.23. The Kier molecular flexibility index (Phi) is 2.40. The quantitative estimate of drug-likeness (QED) is 0.277. The topological polar surface area (TPSA) is 68.0 Å². The Morgan fingerprint density at radius 2 is 2.45 bits per heavy atom. The summed E-state index contributed by atoms with van der Waals surface area (Å²) in [6.45, 7) is 0. The molecule has 0 spiro atoms. The highest BCUT2D eigenvalue weighted by Crippen LogP contribution is 2.05. The molecule has 1 heterocycles. The van der Waals surface area contributed by atoms with Gasteiger partial charge in [0.25, 0.3) is 5.91 Å². The molecule has 58 valence electrons. The summed E-state index contributed by atoms with van der Waals surface area (Å²) in [6, 6.07) is 2.96. The monoisotopic (exact) mass is 171 g/mol. The first-order valence-corrected chi connectivity index (χ1v) is 3.24. The average Bonchev–Trinajstić information content (AvgIpc) is 2.03. The highest BCUT2D eigenvalue weighted by Gasteiger charge is 2.02. The van der Waals surface area contributed by atoms with Gasteiger partial charge in [0.05, 0.1) is 0 Å². The molecule has 0 saturated carbocycles. The van der Waals surface area contributed by atoms with E-state index in [1.54, 1.807) is 0 Å². The summed E-state index contributed by atoms with van der Waals surface area (Å²) in [5.41, 5.74) is 2.38. The zero-order valence-corrected chi connectivity index (χ0v) is 6.30. The molecule has 4 nitrogen and oxygen atoms in total. The second kappa shape index (κ2) is 3.32. The van der Waals surface area contributed by atoms with Crippen LogP contribution in [0, 0.1) is 0 Å². The maximum absolute atomic E-state index is 10.8. The Morgan fingerprint density at radius 1 is 1.73 bits per heavy atom. The number of rotatable bonds is 1. The van der Waals surface area contributed by atoms with Gasteiger partial charge in [0.2, 0.25) is 0 Å². The summed E-state index contributed by atoms with van der Waals surface area (Å²) in [4.78, 5) is 14.5. The van der Waals surface area contributed by atoms with Gasteiger partial charge < -0.3 is 0 Å². The number of nitrogens with one attached hydrogen (secondary N) is 1. The van der Waals surface area contributed by atoms with Gasteiger partial charge in [0.1, 0.15) is 5.15 Å². The standard InChI is InChI=1S/C6H6ClN3O/c7-5-3-4(1-2-9-5)6(11)10-8/h1-3H,8H2,(H,10,11). The summed E-state index contributed by atoms with van der Waals surface area (Å²) in [6.07, 6.45) is 1.44. The van der Waals surface area contributed by atoms with Crippen LogP contribution in [0.25, 0.3) is 0 Å². The van der Waals surface area contributed by atoms with E-state index in [0.29, 0.717) is 5.56 Å². The van der Waals surface area contributed by atoms with E-state index < -0.39 is 0 Å². The molecular weight excluding hydrogens is 166 g/mol. The molecule has 3 N–H and O–H groups in total. The van der Waals surface area contributed by atoms with Gasteiger partial charge in [-0.15, -0.1) is 0 Å². The summed E-state index contributed by atoms with van der Waals surface area (Å²) in [7, 11) is 0. The van der Waals surface area contributed by atoms with Crippen molar-refractivity contribution in [2.75, 3.05) is 0 Å². The fourth-order valence-electron chi connectivity index (χ4n) is 0.627. The summed E-state index contributed by atoms with van der Waals surface area (Å²) in [5.74, 6) is 4.51. The van der Waals surface area contributed by atoms with Crippen molar-refractivity contribution < 1.29 is 4.79 Å². The minimum Gasteiger partial charge on any atom is -0.290 e. The van der Waals surface area contributed by atoms with E-state index in [4.69, 9.17) is 17.4 Å². The molecule has 0 radical (unpaired) electrons. The Bertz CT molecular complexity index is 276. The van der Waals surface area contributed by atoms with Gasteiger partial charge in [-0.25, -0.2) is 10.8 Å². The van der Waals surface area contributed by atoms with Crippen LogP contribution in [0.15, 0.2) is 18.3 Å². The van der Waals surface area contributed by atoms with E-state index in [2.05, 4.69) is 4.98 Å². The first kappa shape index (κ1) is 7.97. The van der Waals surface area contributed by atoms with Crippen LogP contribution < -0.4 is 11.3 Å². The number of carbonyl (C=O) groups is 1. The molecule has 0 bridgehead atoms. The first-order valence-electron chi connectivity index (χ1n) is 2.86. The fraction of sp³-hybridized carbons (Fsp3) is 0. The maximum atomic E-state index is 10.8. The molecule has 1 amide bonds. The Balaban J connectivity index is 2.96. The van der Waals surface area contributed by atoms with Crippen LogP contribution in [0.4, 0.5) is 0 Å². The Hall–Kier alpha value is -1.13. The highest BCUT2D eigenvalue weighted by atomic mass is 35.5. The van der Waals surface area contributed by atoms with E-state index >= 15 is 0 Å². The molecule has 0 aliphatic heterocycles. The highest BCUT2D eigenvalue weighted by molar-refractivity contribution is 6.29. The molecular formula is C6H6ClN3O. The minimum atomic E-state index is -0.380. The van der Waals surface area contributed by atoms with E-state index in [0.717, 1.165) is 0 Å². The third kappa shape index (κ3) is 1.89. The molecule has 1 rings (SSSR count). The number of aromatic nitrogens is 1. The third-order valence-electron chi connectivity index (χ3n) is 1.12. The zero-order chi connectivity index (χ0) is 8.27. The predicted molar refractivity (Wildman–Crippen MR) is 40.9 cm³/mol. The number of carbonyl (C=O) groups excluding carboxylic acids is 1. The van der Waals surface area contributed by atoms with Crippen LogP contribution in [0.3, 0.4) is 0 Å². The first-order chi connectivity index (χ1) is 5.24. The largest absolute Gasteiger partial charge is 0.290 e. The smallest absolute Gasteiger partial charge is 0.265 e. The van der Waals surface area contributed by atoms with Crippen molar-refractivity contribution in [2.45, 2.75) is 0 Å². The van der Waals surface area contributed by atoms with Crippen LogP contribution in [0.1, 0.15) is 10.4 Å². The van der Waals surface area contributed by atoms with Crippen molar-refractivity contribution in [3.63, 3.8) is 0 Å². The van der Waals surface area contributed by atoms with Crippen molar-refractivity contribution in [2.24, 2.45) is 5.84 Å². The summed E-state index contributed by atoms with van der Waals surface area (Å²) >= 11 is 5.51. The predicted octanol–water partition coefficient (Wildman–Crippen LogP) is 0.338. The second-order valence-electron chi connectivity index (χ2n) is 1.84. The Morgan fingerprint density at radius 3 is 3.00 bits per heavy atom. The third-order valence-corrected chi connectivity index (χ3v) is 1.33. The van der Waals surface area contributed by atoms with Crippen LogP contribution in [-0.4, -0.2) is 10.9 Å². The van der Waals surface area contributed by atoms with Crippen LogP contribution in [0.2, 0.25) is 5.15 Å². The van der Waals surface area contributed by atoms with Crippen molar-refractivity contribution in [1.29, 1.82) is 0 Å². The van der Waals surface area contributed by atoms with Gasteiger partial charge >= 0.3 is 0 Å². The lowest BCUT2D eigenvalue weighted by molar-refractivity contribution is 0.0953. The molecule has 1 aromatic rings. The molecule has 0 aliphatic carbocycles. The molecule has 5 heteroatoms. The number of halogens is 1. The number of hydrazine groups is 1. The normalized spacial score (nSPS) is 9.27. The molecule has 1 aromatic heterocycles. The minimum absolute atomic E-state index is 0.270. The van der Waals surface area contributed by atoms with Gasteiger partial charge in [0.15, 0.2) is 0 Å². The number of hydrogen-bond acceptors (Lipinski definition) is 3. The number of pyridine rings is 1. The van der Waals surface area contributed by atoms with E-state index in [9.17, 15) is 4.79 Å².